The molecule has 136 valence electrons. The largest absolute Gasteiger partial charge is 0.450 e. The van der Waals surface area contributed by atoms with E-state index in [4.69, 9.17) is 10.5 Å². The highest BCUT2D eigenvalue weighted by Crippen LogP contribution is 2.35. The van der Waals surface area contributed by atoms with E-state index in [1.807, 2.05) is 37.4 Å². The fraction of sp³-hybridized carbons (Fsp3) is 0.278. The molecule has 2 aromatic rings. The number of benzene rings is 1. The minimum Gasteiger partial charge on any atom is -0.450 e. The lowest BCUT2D eigenvalue weighted by molar-refractivity contribution is 0.168. The van der Waals surface area contributed by atoms with Gasteiger partial charge < -0.3 is 20.7 Å². The van der Waals surface area contributed by atoms with Crippen molar-refractivity contribution in [1.29, 1.82) is 0 Å². The van der Waals surface area contributed by atoms with Gasteiger partial charge in [-0.2, -0.15) is 0 Å². The molecule has 26 heavy (non-hydrogen) atoms. The third kappa shape index (κ3) is 4.02. The van der Waals surface area contributed by atoms with Crippen LogP contribution in [0.3, 0.4) is 0 Å². The zero-order valence-electron chi connectivity index (χ0n) is 14.8. The summed E-state index contributed by atoms with van der Waals surface area (Å²) in [5.74, 6) is 0.577. The molecule has 8 nitrogen and oxygen atoms in total. The lowest BCUT2D eigenvalue weighted by Gasteiger charge is -2.24. The van der Waals surface area contributed by atoms with Gasteiger partial charge in [-0.3, -0.25) is 5.32 Å². The number of pyridine rings is 1. The van der Waals surface area contributed by atoms with Crippen LogP contribution in [0.5, 0.6) is 0 Å². The summed E-state index contributed by atoms with van der Waals surface area (Å²) in [6.45, 7) is 3.27. The number of carbonyl (C=O) groups excluding carboxylic acids is 1. The van der Waals surface area contributed by atoms with Crippen molar-refractivity contribution in [3.8, 4) is 0 Å². The summed E-state index contributed by atoms with van der Waals surface area (Å²) in [6, 6.07) is 11.8. The molecule has 3 rings (SSSR count). The minimum absolute atomic E-state index is 0.251. The third-order valence-corrected chi connectivity index (χ3v) is 3.89. The Morgan fingerprint density at radius 1 is 1.38 bits per heavy atom. The number of hydrogen-bond acceptors (Lipinski definition) is 7. The van der Waals surface area contributed by atoms with Gasteiger partial charge in [0.05, 0.1) is 31.1 Å². The van der Waals surface area contributed by atoms with Gasteiger partial charge in [0.25, 0.3) is 0 Å². The number of anilines is 4. The molecule has 0 saturated carbocycles. The van der Waals surface area contributed by atoms with Crippen molar-refractivity contribution < 1.29 is 9.53 Å². The van der Waals surface area contributed by atoms with Crippen LogP contribution in [0.15, 0.2) is 41.4 Å². The van der Waals surface area contributed by atoms with Gasteiger partial charge in [-0.25, -0.2) is 14.8 Å². The van der Waals surface area contributed by atoms with Crippen LogP contribution in [0.25, 0.3) is 0 Å². The van der Waals surface area contributed by atoms with Crippen LogP contribution >= 0.6 is 0 Å². The molecule has 0 bridgehead atoms. The summed E-state index contributed by atoms with van der Waals surface area (Å²) in [6.07, 6.45) is -0.566. The van der Waals surface area contributed by atoms with E-state index in [-0.39, 0.29) is 12.4 Å². The summed E-state index contributed by atoms with van der Waals surface area (Å²) >= 11 is 0. The van der Waals surface area contributed by atoms with E-state index in [9.17, 15) is 4.79 Å². The molecule has 1 amide bonds. The lowest BCUT2D eigenvalue weighted by Crippen LogP contribution is -2.31. The van der Waals surface area contributed by atoms with Gasteiger partial charge in [0, 0.05) is 18.8 Å². The second-order valence-electron chi connectivity index (χ2n) is 5.86. The van der Waals surface area contributed by atoms with Crippen molar-refractivity contribution >= 4 is 40.5 Å². The van der Waals surface area contributed by atoms with Gasteiger partial charge in [0.2, 0.25) is 0 Å². The molecule has 4 N–H and O–H groups in total. The van der Waals surface area contributed by atoms with Crippen molar-refractivity contribution in [3.63, 3.8) is 0 Å². The van der Waals surface area contributed by atoms with Crippen molar-refractivity contribution in [3.05, 3.63) is 36.4 Å². The Labute approximate surface area is 152 Å². The monoisotopic (exact) mass is 354 g/mol. The number of nitrogens with one attached hydrogen (secondary N) is 2. The minimum atomic E-state index is -0.566. The van der Waals surface area contributed by atoms with Crippen LogP contribution in [0.1, 0.15) is 6.92 Å². The van der Waals surface area contributed by atoms with E-state index in [1.54, 1.807) is 13.0 Å². The van der Waals surface area contributed by atoms with Crippen LogP contribution < -0.4 is 21.3 Å². The summed E-state index contributed by atoms with van der Waals surface area (Å²) < 4.78 is 4.85. The number of aromatic nitrogens is 1. The van der Waals surface area contributed by atoms with E-state index in [1.165, 1.54) is 0 Å². The third-order valence-electron chi connectivity index (χ3n) is 3.89. The molecule has 1 aliphatic heterocycles. The molecule has 8 heteroatoms. The molecule has 0 fully saturated rings. The van der Waals surface area contributed by atoms with Gasteiger partial charge in [0.1, 0.15) is 11.5 Å². The number of aliphatic imine (C=N–C) groups is 1. The molecule has 0 spiro atoms. The number of ether oxygens (including phenoxy) is 1. The topological polar surface area (TPSA) is 105 Å². The molecule has 2 heterocycles. The van der Waals surface area contributed by atoms with Crippen LogP contribution in [-0.4, -0.2) is 43.5 Å². The summed E-state index contributed by atoms with van der Waals surface area (Å²) in [4.78, 5) is 22.5. The van der Waals surface area contributed by atoms with Crippen LogP contribution in [0, 0.1) is 0 Å². The molecular formula is C18H22N6O2. The van der Waals surface area contributed by atoms with Gasteiger partial charge in [-0.15, -0.1) is 0 Å². The molecule has 1 aliphatic rings. The zero-order chi connectivity index (χ0) is 18.5. The average molecular weight is 354 g/mol. The quantitative estimate of drug-likeness (QED) is 0.762. The maximum absolute atomic E-state index is 11.5. The first kappa shape index (κ1) is 17.5. The zero-order valence-corrected chi connectivity index (χ0v) is 14.8. The van der Waals surface area contributed by atoms with E-state index in [0.717, 1.165) is 17.1 Å². The molecule has 1 aromatic carbocycles. The summed E-state index contributed by atoms with van der Waals surface area (Å²) in [5.41, 5.74) is 9.41. The number of fused-ring (bicyclic) bond motifs is 1. The number of nitrogen functional groups attached to an aromatic ring is 1. The van der Waals surface area contributed by atoms with Crippen molar-refractivity contribution in [2.45, 2.75) is 6.92 Å². The Kier molecular flexibility index (Phi) is 5.21. The van der Waals surface area contributed by atoms with Crippen LogP contribution in [0.2, 0.25) is 0 Å². The Morgan fingerprint density at radius 3 is 2.88 bits per heavy atom. The molecular weight excluding hydrogens is 332 g/mol. The average Bonchev–Trinajstić information content (AvgIpc) is 2.63. The molecule has 0 radical (unpaired) electrons. The first-order valence-corrected chi connectivity index (χ1v) is 8.37. The smallest absolute Gasteiger partial charge is 0.412 e. The SMILES string of the molecule is CCOC(=O)Nc1cc2c(c(N)n1)N=C(CN(C)c1ccccc1)CN2. The predicted octanol–water partition coefficient (Wildman–Crippen LogP) is 2.87. The van der Waals surface area contributed by atoms with Crippen LogP contribution in [0.4, 0.5) is 33.5 Å². The van der Waals surface area contributed by atoms with Gasteiger partial charge in [0.15, 0.2) is 5.82 Å². The highest BCUT2D eigenvalue weighted by atomic mass is 16.5. The van der Waals surface area contributed by atoms with E-state index in [0.29, 0.717) is 24.6 Å². The highest BCUT2D eigenvalue weighted by Gasteiger charge is 2.18. The maximum Gasteiger partial charge on any atom is 0.412 e. The summed E-state index contributed by atoms with van der Waals surface area (Å²) in [7, 11) is 2.02. The van der Waals surface area contributed by atoms with E-state index >= 15 is 0 Å². The fourth-order valence-corrected chi connectivity index (χ4v) is 2.68. The Balaban J connectivity index is 1.76. The number of hydrogen-bond donors (Lipinski definition) is 3. The Hall–Kier alpha value is -3.29. The first-order chi connectivity index (χ1) is 12.6. The van der Waals surface area contributed by atoms with Crippen molar-refractivity contribution in [1.82, 2.24) is 4.98 Å². The molecule has 0 saturated heterocycles. The van der Waals surface area contributed by atoms with Crippen molar-refractivity contribution in [2.75, 3.05) is 48.0 Å². The Morgan fingerprint density at radius 2 is 2.15 bits per heavy atom. The number of nitrogens with zero attached hydrogens (tertiary/aromatic N) is 3. The fourth-order valence-electron chi connectivity index (χ4n) is 2.68. The first-order valence-electron chi connectivity index (χ1n) is 8.37. The number of amides is 1. The van der Waals surface area contributed by atoms with Gasteiger partial charge >= 0.3 is 6.09 Å². The molecule has 0 aliphatic carbocycles. The number of rotatable bonds is 5. The lowest BCUT2D eigenvalue weighted by atomic mass is 10.2. The van der Waals surface area contributed by atoms with Crippen molar-refractivity contribution in [2.24, 2.45) is 4.99 Å². The van der Waals surface area contributed by atoms with Gasteiger partial charge in [-0.05, 0) is 19.1 Å². The second-order valence-corrected chi connectivity index (χ2v) is 5.86. The molecule has 0 unspecified atom stereocenters. The van der Waals surface area contributed by atoms with E-state index in [2.05, 4.69) is 25.5 Å². The molecule has 1 aromatic heterocycles. The predicted molar refractivity (Wildman–Crippen MR) is 105 cm³/mol. The highest BCUT2D eigenvalue weighted by molar-refractivity contribution is 6.00. The van der Waals surface area contributed by atoms with E-state index < -0.39 is 6.09 Å². The standard InChI is InChI=1S/C18H22N6O2/c1-3-26-18(25)23-15-9-14-16(17(19)22-15)21-12(10-20-14)11-24(2)13-7-5-4-6-8-13/h4-9,20H,3,10-11H2,1-2H3,(H3,19,22,23,25). The van der Waals surface area contributed by atoms with Gasteiger partial charge in [-0.1, -0.05) is 18.2 Å². The second kappa shape index (κ2) is 7.73. The maximum atomic E-state index is 11.5. The van der Waals surface area contributed by atoms with Crippen LogP contribution in [-0.2, 0) is 4.74 Å². The Bertz CT molecular complexity index is 822. The summed E-state index contributed by atoms with van der Waals surface area (Å²) in [5, 5.41) is 5.84. The number of para-hydroxylation sites is 1. The molecule has 0 atom stereocenters. The normalized spacial score (nSPS) is 12.5. The number of nitrogens with two attached hydrogens (primary N) is 1. The number of carbonyl (C=O) groups is 1.